The molecule has 0 bridgehead atoms. The van der Waals surface area contributed by atoms with Crippen LogP contribution in [0.3, 0.4) is 0 Å². The van der Waals surface area contributed by atoms with Crippen molar-refractivity contribution < 1.29 is 14.3 Å². The summed E-state index contributed by atoms with van der Waals surface area (Å²) in [5, 5.41) is 0. The van der Waals surface area contributed by atoms with Crippen molar-refractivity contribution in [3.05, 3.63) is 65.2 Å². The monoisotopic (exact) mass is 301 g/mol. The lowest BCUT2D eigenvalue weighted by Crippen LogP contribution is -2.08. The first kappa shape index (κ1) is 15.0. The van der Waals surface area contributed by atoms with Crippen molar-refractivity contribution in [2.75, 3.05) is 7.11 Å². The average Bonchev–Trinajstić information content (AvgIpc) is 2.53. The number of rotatable bonds is 5. The van der Waals surface area contributed by atoms with Crippen LogP contribution < -0.4 is 10.5 Å². The number of benzene rings is 2. The summed E-state index contributed by atoms with van der Waals surface area (Å²) in [5.41, 5.74) is 7.81. The molecule has 0 saturated carbocycles. The van der Waals surface area contributed by atoms with Crippen molar-refractivity contribution in [1.29, 1.82) is 0 Å². The van der Waals surface area contributed by atoms with Gasteiger partial charge in [-0.25, -0.2) is 4.79 Å². The fourth-order valence-corrected chi connectivity index (χ4v) is 1.87. The molecule has 5 heteroatoms. The molecule has 0 amide bonds. The lowest BCUT2D eigenvalue weighted by Gasteiger charge is -2.07. The summed E-state index contributed by atoms with van der Waals surface area (Å²) in [7, 11) is 1.36. The zero-order valence-electron chi connectivity index (χ0n) is 11.5. The Bertz CT molecular complexity index is 636. The molecule has 21 heavy (non-hydrogen) atoms. The normalized spacial score (nSPS) is 9.95. The second kappa shape index (κ2) is 6.85. The van der Waals surface area contributed by atoms with Crippen LogP contribution in [0.15, 0.2) is 48.5 Å². The number of carbonyl (C=O) groups excluding carboxylic acids is 1. The second-order valence-electron chi connectivity index (χ2n) is 4.37. The molecule has 0 heterocycles. The summed E-state index contributed by atoms with van der Waals surface area (Å²) < 4.78 is 10.3. The van der Waals surface area contributed by atoms with Gasteiger partial charge < -0.3 is 15.2 Å². The maximum atomic E-state index is 11.3. The molecular weight excluding hydrogens is 286 g/mol. The first-order chi connectivity index (χ1) is 10.1. The molecular formula is C16H15NO3S. The summed E-state index contributed by atoms with van der Waals surface area (Å²) in [6.07, 6.45) is 0. The quantitative estimate of drug-likeness (QED) is 0.679. The van der Waals surface area contributed by atoms with Crippen LogP contribution in [0.25, 0.3) is 0 Å². The van der Waals surface area contributed by atoms with Gasteiger partial charge in [-0.05, 0) is 42.0 Å². The van der Waals surface area contributed by atoms with Gasteiger partial charge in [0.2, 0.25) is 0 Å². The van der Waals surface area contributed by atoms with Crippen LogP contribution in [-0.2, 0) is 11.3 Å². The Balaban J connectivity index is 1.96. The molecule has 108 valence electrons. The molecule has 2 aromatic carbocycles. The molecule has 0 radical (unpaired) electrons. The first-order valence-corrected chi connectivity index (χ1v) is 6.71. The number of hydrogen-bond acceptors (Lipinski definition) is 4. The van der Waals surface area contributed by atoms with Crippen molar-refractivity contribution in [3.8, 4) is 5.75 Å². The van der Waals surface area contributed by atoms with E-state index in [4.69, 9.17) is 22.7 Å². The Kier molecular flexibility index (Phi) is 4.90. The highest BCUT2D eigenvalue weighted by atomic mass is 32.1. The smallest absolute Gasteiger partial charge is 0.337 e. The molecule has 0 aliphatic rings. The highest BCUT2D eigenvalue weighted by Gasteiger charge is 2.04. The summed E-state index contributed by atoms with van der Waals surface area (Å²) in [4.78, 5) is 11.7. The maximum absolute atomic E-state index is 11.3. The standard InChI is InChI=1S/C16H15NO3S/c1-19-16(18)13-4-2-11(3-5-13)10-20-14-8-6-12(7-9-14)15(17)21/h2-9H,10H2,1H3,(H2,17,21). The zero-order chi connectivity index (χ0) is 15.2. The van der Waals surface area contributed by atoms with Crippen LogP contribution >= 0.6 is 12.2 Å². The number of ether oxygens (including phenoxy) is 2. The van der Waals surface area contributed by atoms with E-state index in [1.807, 2.05) is 36.4 Å². The van der Waals surface area contributed by atoms with Crippen molar-refractivity contribution in [1.82, 2.24) is 0 Å². The Morgan fingerprint density at radius 3 is 2.14 bits per heavy atom. The van der Waals surface area contributed by atoms with E-state index >= 15 is 0 Å². The Labute approximate surface area is 128 Å². The Morgan fingerprint density at radius 1 is 1.05 bits per heavy atom. The average molecular weight is 301 g/mol. The third kappa shape index (κ3) is 4.03. The highest BCUT2D eigenvalue weighted by molar-refractivity contribution is 7.80. The Hall–Kier alpha value is -2.40. The van der Waals surface area contributed by atoms with Gasteiger partial charge in [0.1, 0.15) is 17.3 Å². The number of nitrogens with two attached hydrogens (primary N) is 1. The molecule has 2 rings (SSSR count). The van der Waals surface area contributed by atoms with Crippen molar-refractivity contribution in [2.24, 2.45) is 5.73 Å². The second-order valence-corrected chi connectivity index (χ2v) is 4.81. The van der Waals surface area contributed by atoms with E-state index < -0.39 is 0 Å². The van der Waals surface area contributed by atoms with E-state index in [0.717, 1.165) is 16.9 Å². The van der Waals surface area contributed by atoms with E-state index in [-0.39, 0.29) is 5.97 Å². The van der Waals surface area contributed by atoms with Gasteiger partial charge in [-0.2, -0.15) is 0 Å². The number of methoxy groups -OCH3 is 1. The van der Waals surface area contributed by atoms with E-state index in [1.165, 1.54) is 7.11 Å². The number of esters is 1. The predicted molar refractivity (Wildman–Crippen MR) is 84.4 cm³/mol. The molecule has 0 fully saturated rings. The molecule has 0 unspecified atom stereocenters. The van der Waals surface area contributed by atoms with Crippen molar-refractivity contribution in [2.45, 2.75) is 6.61 Å². The van der Waals surface area contributed by atoms with Crippen LogP contribution in [0.5, 0.6) is 5.75 Å². The van der Waals surface area contributed by atoms with Crippen LogP contribution in [0.1, 0.15) is 21.5 Å². The van der Waals surface area contributed by atoms with Gasteiger partial charge in [0.15, 0.2) is 0 Å². The number of carbonyl (C=O) groups is 1. The van der Waals surface area contributed by atoms with E-state index in [1.54, 1.807) is 12.1 Å². The van der Waals surface area contributed by atoms with Crippen LogP contribution in [0.2, 0.25) is 0 Å². The van der Waals surface area contributed by atoms with Crippen LogP contribution in [-0.4, -0.2) is 18.1 Å². The summed E-state index contributed by atoms with van der Waals surface area (Å²) in [6, 6.07) is 14.3. The molecule has 0 aromatic heterocycles. The summed E-state index contributed by atoms with van der Waals surface area (Å²) in [6.45, 7) is 0.411. The third-order valence-electron chi connectivity index (χ3n) is 2.92. The SMILES string of the molecule is COC(=O)c1ccc(COc2ccc(C(N)=S)cc2)cc1. The summed E-state index contributed by atoms with van der Waals surface area (Å²) in [5.74, 6) is 0.378. The predicted octanol–water partition coefficient (Wildman–Crippen LogP) is 2.69. The minimum absolute atomic E-state index is 0.351. The molecule has 0 aliphatic heterocycles. The van der Waals surface area contributed by atoms with Gasteiger partial charge in [-0.1, -0.05) is 24.4 Å². The molecule has 0 aliphatic carbocycles. The maximum Gasteiger partial charge on any atom is 0.337 e. The minimum atomic E-state index is -0.351. The van der Waals surface area contributed by atoms with Gasteiger partial charge in [-0.3, -0.25) is 0 Å². The zero-order valence-corrected chi connectivity index (χ0v) is 12.4. The van der Waals surface area contributed by atoms with E-state index in [9.17, 15) is 4.79 Å². The minimum Gasteiger partial charge on any atom is -0.489 e. The fourth-order valence-electron chi connectivity index (χ4n) is 1.74. The topological polar surface area (TPSA) is 61.5 Å². The molecule has 2 aromatic rings. The van der Waals surface area contributed by atoms with Crippen LogP contribution in [0.4, 0.5) is 0 Å². The van der Waals surface area contributed by atoms with Gasteiger partial charge in [0.25, 0.3) is 0 Å². The van der Waals surface area contributed by atoms with Gasteiger partial charge in [-0.15, -0.1) is 0 Å². The van der Waals surface area contributed by atoms with Gasteiger partial charge in [0.05, 0.1) is 12.7 Å². The molecule has 0 spiro atoms. The molecule has 0 saturated heterocycles. The van der Waals surface area contributed by atoms with Crippen molar-refractivity contribution in [3.63, 3.8) is 0 Å². The van der Waals surface area contributed by atoms with Crippen molar-refractivity contribution >= 4 is 23.2 Å². The lowest BCUT2D eigenvalue weighted by atomic mass is 10.1. The van der Waals surface area contributed by atoms with E-state index in [0.29, 0.717) is 17.2 Å². The van der Waals surface area contributed by atoms with Crippen LogP contribution in [0, 0.1) is 0 Å². The number of thiocarbonyl (C=S) groups is 1. The largest absolute Gasteiger partial charge is 0.489 e. The van der Waals surface area contributed by atoms with Gasteiger partial charge in [0, 0.05) is 5.56 Å². The Morgan fingerprint density at radius 2 is 1.62 bits per heavy atom. The molecule has 2 N–H and O–H groups in total. The lowest BCUT2D eigenvalue weighted by molar-refractivity contribution is 0.0600. The molecule has 0 atom stereocenters. The summed E-state index contributed by atoms with van der Waals surface area (Å²) >= 11 is 4.89. The van der Waals surface area contributed by atoms with E-state index in [2.05, 4.69) is 4.74 Å². The fraction of sp³-hybridized carbons (Fsp3) is 0.125. The molecule has 4 nitrogen and oxygen atoms in total. The highest BCUT2D eigenvalue weighted by Crippen LogP contribution is 2.15. The van der Waals surface area contributed by atoms with Gasteiger partial charge >= 0.3 is 5.97 Å². The number of hydrogen-bond donors (Lipinski definition) is 1. The first-order valence-electron chi connectivity index (χ1n) is 6.30. The third-order valence-corrected chi connectivity index (χ3v) is 3.16.